The van der Waals surface area contributed by atoms with Gasteiger partial charge >= 0.3 is 19.5 Å². The topological polar surface area (TPSA) is 54.0 Å². The van der Waals surface area contributed by atoms with Gasteiger partial charge in [0.05, 0.1) is 11.4 Å². The Kier molecular flexibility index (Phi) is 5.53. The Bertz CT molecular complexity index is 5450. The second-order valence-corrected chi connectivity index (χ2v) is 25.2. The first-order chi connectivity index (χ1) is 35.1. The molecule has 22 rings (SSSR count). The molecule has 0 radical (unpaired) electrons. The molecular formula is C68H42N4Zn. The zero-order chi connectivity index (χ0) is 46.6. The molecule has 3 aromatic heterocycles. The van der Waals surface area contributed by atoms with Gasteiger partial charge in [0.1, 0.15) is 0 Å². The molecule has 1 saturated carbocycles. The minimum atomic E-state index is -0.157. The number of aromatic nitrogens is 4. The molecule has 5 aliphatic carbocycles. The number of benzene rings is 8. The predicted molar refractivity (Wildman–Crippen MR) is 297 cm³/mol. The van der Waals surface area contributed by atoms with Crippen molar-refractivity contribution >= 4 is 152 Å². The summed E-state index contributed by atoms with van der Waals surface area (Å²) in [7, 11) is 0. The van der Waals surface area contributed by atoms with Gasteiger partial charge in [0.2, 0.25) is 0 Å². The van der Waals surface area contributed by atoms with Crippen molar-refractivity contribution in [2.45, 2.75) is 102 Å². The molecular weight excluding hydrogens is 938 g/mol. The van der Waals surface area contributed by atoms with Crippen LogP contribution in [-0.4, -0.2) is 9.97 Å². The summed E-state index contributed by atoms with van der Waals surface area (Å²) in [6.45, 7) is 13.7. The molecule has 4 atom stereocenters. The van der Waals surface area contributed by atoms with Crippen molar-refractivity contribution in [1.82, 2.24) is 19.9 Å². The van der Waals surface area contributed by atoms with E-state index >= 15 is 0 Å². The Hall–Kier alpha value is -6.94. The van der Waals surface area contributed by atoms with Gasteiger partial charge in [-0.1, -0.05) is 109 Å². The van der Waals surface area contributed by atoms with E-state index < -0.39 is 0 Å². The van der Waals surface area contributed by atoms with Crippen molar-refractivity contribution in [2.75, 3.05) is 0 Å². The fraction of sp³-hybridized carbons (Fsp3) is 0.235. The van der Waals surface area contributed by atoms with Gasteiger partial charge in [0.25, 0.3) is 0 Å². The number of hydrogen-bond acceptors (Lipinski definition) is 2. The van der Waals surface area contributed by atoms with Gasteiger partial charge in [0.15, 0.2) is 0 Å². The van der Waals surface area contributed by atoms with Crippen LogP contribution < -0.4 is 9.97 Å². The first kappa shape index (κ1) is 37.8. The third-order valence-electron chi connectivity index (χ3n) is 22.6. The van der Waals surface area contributed by atoms with E-state index in [9.17, 15) is 0 Å². The molecule has 0 N–H and O–H groups in total. The van der Waals surface area contributed by atoms with Crippen LogP contribution in [0.3, 0.4) is 0 Å². The number of nitrogens with zero attached hydrogens (tertiary/aromatic N) is 4. The van der Waals surface area contributed by atoms with Crippen LogP contribution in [0.15, 0.2) is 72.8 Å². The molecule has 1 fully saturated rings. The summed E-state index contributed by atoms with van der Waals surface area (Å²) in [6.07, 6.45) is 5.25. The van der Waals surface area contributed by atoms with Gasteiger partial charge in [-0.15, -0.1) is 22.1 Å². The van der Waals surface area contributed by atoms with Gasteiger partial charge in [-0.05, 0) is 217 Å². The van der Waals surface area contributed by atoms with Gasteiger partial charge in [-0.25, -0.2) is 4.98 Å². The number of hydrogen-bond donors (Lipinski definition) is 0. The standard InChI is InChI=1S/C68H42N4.Zn/c1-24-25(2)42-18-43-26(3)27(4)44(71-43)19-45-37-22-67-39-15-16-40-36-14-12-34-32-10-8-30-29-7-9-31-33-11-13-35(39)54-52(33)57-50(31)48(29)56-49(30)51(32)58-53(34)55(36)65(63-61(58)59(56)60(57)62(63)64(54)67)68(40,67)23-38(37)46(72-45)20-47-66(5,6)21-28(69-47)17-41(24)70-42;/h7-14,17-20,39-40H,15-16,21-23H2,1-6H3;/q-2;+2/t39?,40?,67-,68+;/m0./s1. The van der Waals surface area contributed by atoms with Crippen LogP contribution in [0.5, 0.6) is 0 Å². The van der Waals surface area contributed by atoms with E-state index in [1.165, 1.54) is 100 Å². The van der Waals surface area contributed by atoms with E-state index in [-0.39, 0.29) is 35.7 Å². The van der Waals surface area contributed by atoms with Gasteiger partial charge in [-0.3, -0.25) is 4.98 Å². The van der Waals surface area contributed by atoms with Crippen LogP contribution in [0.25, 0.3) is 152 Å². The van der Waals surface area contributed by atoms with E-state index in [0.29, 0.717) is 11.8 Å². The Balaban J connectivity index is 0.00000393. The summed E-state index contributed by atoms with van der Waals surface area (Å²) in [5.41, 5.74) is 22.6. The molecule has 4 nitrogen and oxygen atoms in total. The Labute approximate surface area is 430 Å². The molecule has 2 aliphatic heterocycles. The van der Waals surface area contributed by atoms with Crippen molar-refractivity contribution in [3.8, 4) is 0 Å². The molecule has 5 heteroatoms. The summed E-state index contributed by atoms with van der Waals surface area (Å²) >= 11 is 0. The van der Waals surface area contributed by atoms with E-state index in [1.54, 1.807) is 86.9 Å². The number of fused-ring (bicyclic) bond motifs is 16. The maximum atomic E-state index is 5.94. The summed E-state index contributed by atoms with van der Waals surface area (Å²) in [5.74, 6) is 0.820. The first-order valence-electron chi connectivity index (χ1n) is 26.8. The van der Waals surface area contributed by atoms with Gasteiger partial charge in [-0.2, -0.15) is 0 Å². The van der Waals surface area contributed by atoms with E-state index in [2.05, 4.69) is 114 Å². The summed E-state index contributed by atoms with van der Waals surface area (Å²) in [4.78, 5) is 22.2. The van der Waals surface area contributed by atoms with Crippen molar-refractivity contribution in [3.63, 3.8) is 0 Å². The van der Waals surface area contributed by atoms with Gasteiger partial charge < -0.3 is 9.97 Å². The molecule has 15 aromatic rings. The number of aryl methyl sites for hydroxylation is 2. The largest absolute Gasteiger partial charge is 2.00 e. The van der Waals surface area contributed by atoms with Crippen molar-refractivity contribution in [2.24, 2.45) is 0 Å². The number of rotatable bonds is 0. The number of allylic oxidation sites excluding steroid dienone is 2. The third kappa shape index (κ3) is 3.30. The maximum Gasteiger partial charge on any atom is 2.00 e. The molecule has 0 saturated heterocycles. The van der Waals surface area contributed by atoms with Crippen LogP contribution >= 0.6 is 0 Å². The van der Waals surface area contributed by atoms with Crippen LogP contribution in [0, 0.1) is 13.8 Å². The van der Waals surface area contributed by atoms with Crippen LogP contribution in [0.1, 0.15) is 120 Å². The summed E-state index contributed by atoms with van der Waals surface area (Å²) in [5, 5.41) is 34.1. The molecule has 73 heavy (non-hydrogen) atoms. The third-order valence-corrected chi connectivity index (χ3v) is 22.6. The second-order valence-electron chi connectivity index (χ2n) is 25.2. The van der Waals surface area contributed by atoms with Gasteiger partial charge in [0, 0.05) is 34.1 Å². The smallest absolute Gasteiger partial charge is 0.657 e. The molecule has 5 heterocycles. The molecule has 0 amide bonds. The zero-order valence-electron chi connectivity index (χ0n) is 41.6. The monoisotopic (exact) mass is 978 g/mol. The minimum absolute atomic E-state index is 0. The normalized spacial score (nSPS) is 23.5. The predicted octanol–water partition coefficient (Wildman–Crippen LogP) is 16.1. The fourth-order valence-corrected chi connectivity index (χ4v) is 19.9. The molecule has 2 spiro atoms. The summed E-state index contributed by atoms with van der Waals surface area (Å²) < 4.78 is 0. The Morgan fingerprint density at radius 3 is 1.33 bits per heavy atom. The van der Waals surface area contributed by atoms with Crippen molar-refractivity contribution in [3.05, 3.63) is 140 Å². The van der Waals surface area contributed by atoms with Crippen molar-refractivity contribution in [1.29, 1.82) is 0 Å². The maximum absolute atomic E-state index is 5.94. The van der Waals surface area contributed by atoms with Crippen LogP contribution in [0.2, 0.25) is 0 Å². The molecule has 7 aliphatic rings. The van der Waals surface area contributed by atoms with E-state index in [1.807, 2.05) is 0 Å². The second kappa shape index (κ2) is 10.7. The summed E-state index contributed by atoms with van der Waals surface area (Å²) in [6, 6.07) is 29.8. The van der Waals surface area contributed by atoms with Crippen molar-refractivity contribution < 1.29 is 19.5 Å². The average molecular weight is 981 g/mol. The molecule has 2 unspecified atom stereocenters. The molecule has 8 bridgehead atoms. The minimum Gasteiger partial charge on any atom is -0.657 e. The zero-order valence-corrected chi connectivity index (χ0v) is 44.6. The van der Waals surface area contributed by atoms with Crippen LogP contribution in [-0.2, 0) is 55.0 Å². The first-order valence-corrected chi connectivity index (χ1v) is 26.8. The van der Waals surface area contributed by atoms with E-state index in [0.717, 1.165) is 64.1 Å². The quantitative estimate of drug-likeness (QED) is 0.112. The average Bonchev–Trinajstić information content (AvgIpc) is 4.38. The fourth-order valence-electron chi connectivity index (χ4n) is 19.9. The van der Waals surface area contributed by atoms with Crippen LogP contribution in [0.4, 0.5) is 0 Å². The Morgan fingerprint density at radius 1 is 0.425 bits per heavy atom. The SMILES string of the molecule is CC1=C(C)c2cc3[n-]c(cc4nc(cc5[n-]c(cc1n2)c(C)c5C)CC4(C)C)c1c3C[C@]23c4c5c6ccc7c8ccc9c%10ccc%11c%12ccc%13c%14c(c%15c4c4c(c57)c8c9c5c%10c%11c(c%14%12)c%15c45)[C@@]2(C1)C%13CCC63.[Zn+2]. The molecule has 12 aromatic carbocycles. The van der Waals surface area contributed by atoms with E-state index in [4.69, 9.17) is 19.9 Å². The Morgan fingerprint density at radius 2 is 0.822 bits per heavy atom. The molecule has 336 valence electrons.